The zero-order valence-corrected chi connectivity index (χ0v) is 84.8. The van der Waals surface area contributed by atoms with Crippen molar-refractivity contribution in [2.75, 3.05) is 91.6 Å². The number of hydrogen-bond acceptors (Lipinski definition) is 28. The number of unbranched alkanes of at least 4 members (excludes halogenated alkanes) is 2. The molecule has 0 radical (unpaired) electrons. The number of imide groups is 2. The number of anilines is 2. The zero-order chi connectivity index (χ0) is 103. The molecule has 7 heterocycles. The topological polar surface area (TPSA) is 516 Å². The molecule has 3 aromatic heterocycles. The monoisotopic (exact) mass is 1980 g/mol. The van der Waals surface area contributed by atoms with Gasteiger partial charge in [0.1, 0.15) is 35.6 Å². The Morgan fingerprint density at radius 2 is 1.11 bits per heavy atom. The molecule has 4 aliphatic rings. The Morgan fingerprint density at radius 3 is 1.64 bits per heavy atom. The van der Waals surface area contributed by atoms with Gasteiger partial charge in [0.15, 0.2) is 0 Å². The van der Waals surface area contributed by atoms with Crippen LogP contribution < -0.4 is 36.6 Å². The summed E-state index contributed by atoms with van der Waals surface area (Å²) in [7, 11) is 4.58. The van der Waals surface area contributed by atoms with Gasteiger partial charge in [-0.05, 0) is 105 Å². The van der Waals surface area contributed by atoms with Crippen LogP contribution in [0, 0.1) is 48.3 Å². The SMILES string of the molecule is CC[C@H](C)[C@@H]([C@@H](CC(=O)N1CC(Cc2cc(C(=O)NCCNC(=O)CCCCCN3C(=O)C=CC3=O)nc(N[C@H](C(=O)N(C)[C@@H]([C@@H](C)CC)[C@@H](CC(=O)N3CCC[C@H]3[C@H](OC)[C@@H](C)C(=O)N[C@@H](Cc3ccccc3)C(=O)O)OC)C(C)C)n2)C[C@H]1[C@H](OC)[C@@H](C)C(=O)N[C@@H](Cc1ccccc1)C(=O)NS(=O)(=O)CCCn1cc(CN2C(=O)C=CC2=O)nn1)OC)N(C)C(=O)[C@@H](Nc1nccc(C)n1)C(C)C. The standard InChI is InChI=1S/C99H142N20O21S/c1-18-61(7)87(76(137-14)54-83(125)116-47-29-35-74(116)89(139-16)64(10)92(128)106-73(97(133)134)51-67-33-25-21-26-34-67)114(13)96(132)86(60(5)6)109-99-104-69(53-72(107-99)93(129)101-44-43-100-78(120)36-27-22-28-46-117-79(121)37-38-80(117)122)49-68-52-75(118(56-68)84(126)55-77(138-15)88(62(8)19-2)113(12)95(131)85(59(3)4)108-98-102-42-41-63(9)103-98)90(140-17)65(11)91(127)105-71(50-66-31-23-20-24-32-66)94(130)111-141(135,136)48-30-45-115-57-70(110-112-115)58-119-81(123)39-40-82(119)124/h20-21,23-26,31-34,37-42,53,57,59-62,64-65,68,71,73-77,85-90H,18-19,22,27-30,35-36,43-52,54-56,58H2,1-17H3,(H,100,120)(H,101,129)(H,105,127)(H,106,128)(H,111,130)(H,133,134)(H,102,103,108)(H,104,107,109)/t61-,62-,64+,65+,68?,71-,73-,74-,75-,76+,77+,85-,86-,87-,88-,89+,90+/m0/s1. The van der Waals surface area contributed by atoms with E-state index < -0.39 is 177 Å². The van der Waals surface area contributed by atoms with Crippen LogP contribution in [0.15, 0.2) is 109 Å². The number of benzene rings is 2. The molecule has 4 aliphatic heterocycles. The third-order valence-electron chi connectivity index (χ3n) is 27.0. The average molecular weight is 1980 g/mol. The van der Waals surface area contributed by atoms with Gasteiger partial charge in [-0.15, -0.1) is 5.10 Å². The maximum Gasteiger partial charge on any atom is 0.326 e. The number of aromatic nitrogens is 7. The number of aliphatic carboxylic acids is 1. The van der Waals surface area contributed by atoms with E-state index in [1.807, 2.05) is 41.5 Å². The molecule has 13 amide bonds. The molecule has 42 heteroatoms. The summed E-state index contributed by atoms with van der Waals surface area (Å²) < 4.78 is 56.4. The predicted molar refractivity (Wildman–Crippen MR) is 521 cm³/mol. The van der Waals surface area contributed by atoms with Crippen molar-refractivity contribution < 1.29 is 99.6 Å². The quantitative estimate of drug-likeness (QED) is 0.0183. The highest BCUT2D eigenvalue weighted by Gasteiger charge is 2.49. The summed E-state index contributed by atoms with van der Waals surface area (Å²) in [4.78, 5) is 222. The number of ether oxygens (including phenoxy) is 4. The molecule has 9 rings (SSSR count). The second kappa shape index (κ2) is 53.4. The lowest BCUT2D eigenvalue weighted by molar-refractivity contribution is -0.147. The number of nitrogens with zero attached hydrogens (tertiary/aromatic N) is 13. The van der Waals surface area contributed by atoms with Gasteiger partial charge in [0.25, 0.3) is 35.4 Å². The molecule has 2 fully saturated rings. The number of nitrogens with one attached hydrogen (secondary N) is 7. The van der Waals surface area contributed by atoms with Crippen LogP contribution in [-0.2, 0) is 124 Å². The summed E-state index contributed by atoms with van der Waals surface area (Å²) in [6.07, 6.45) is 6.81. The summed E-state index contributed by atoms with van der Waals surface area (Å²) in [5.41, 5.74) is 2.27. The maximum absolute atomic E-state index is 16.1. The zero-order valence-electron chi connectivity index (χ0n) is 84.0. The molecular formula is C99H142N20O21S. The number of carboxylic acid groups (broad SMARTS) is 1. The number of likely N-dealkylation sites (tertiary alicyclic amines) is 2. The van der Waals surface area contributed by atoms with Gasteiger partial charge in [-0.1, -0.05) is 154 Å². The molecule has 1 unspecified atom stereocenters. The molecule has 17 atom stereocenters. The van der Waals surface area contributed by atoms with Gasteiger partial charge in [0.05, 0.1) is 91.8 Å². The van der Waals surface area contributed by atoms with Gasteiger partial charge in [-0.3, -0.25) is 81.5 Å². The first-order valence-electron chi connectivity index (χ1n) is 48.5. The summed E-state index contributed by atoms with van der Waals surface area (Å²) in [6, 6.07) is 12.9. The fourth-order valence-electron chi connectivity index (χ4n) is 18.8. The molecule has 8 N–H and O–H groups in total. The van der Waals surface area contributed by atoms with Crippen LogP contribution in [0.1, 0.15) is 185 Å². The van der Waals surface area contributed by atoms with Gasteiger partial charge >= 0.3 is 5.97 Å². The number of carbonyl (C=O) groups is 14. The molecular weight excluding hydrogens is 1840 g/mol. The average Bonchev–Trinajstić information content (AvgIpc) is 1.78. The summed E-state index contributed by atoms with van der Waals surface area (Å²) in [6.45, 7) is 20.4. The minimum absolute atomic E-state index is 0.000720. The first kappa shape index (κ1) is 112. The molecule has 0 aliphatic carbocycles. The highest BCUT2D eigenvalue weighted by atomic mass is 32.2. The Labute approximate surface area is 825 Å². The summed E-state index contributed by atoms with van der Waals surface area (Å²) in [5.74, 6) is -12.7. The molecule has 2 saturated heterocycles. The Hall–Kier alpha value is -12.4. The third kappa shape index (κ3) is 31.3. The molecule has 141 heavy (non-hydrogen) atoms. The minimum atomic E-state index is -4.43. The van der Waals surface area contributed by atoms with E-state index in [1.54, 1.807) is 141 Å². The number of sulfonamides is 1. The van der Waals surface area contributed by atoms with E-state index in [-0.39, 0.29) is 155 Å². The van der Waals surface area contributed by atoms with Crippen LogP contribution in [0.3, 0.4) is 0 Å². The van der Waals surface area contributed by atoms with Crippen LogP contribution >= 0.6 is 0 Å². The lowest BCUT2D eigenvalue weighted by atomic mass is 9.89. The number of methoxy groups -OCH3 is 4. The molecule has 770 valence electrons. The molecule has 41 nitrogen and oxygen atoms in total. The van der Waals surface area contributed by atoms with Crippen molar-refractivity contribution in [2.24, 2.45) is 41.4 Å². The number of amides is 13. The van der Waals surface area contributed by atoms with Gasteiger partial charge < -0.3 is 75.6 Å². The smallest absolute Gasteiger partial charge is 0.326 e. The fraction of sp³-hybridized carbons (Fsp3) is 0.596. The van der Waals surface area contributed by atoms with Crippen molar-refractivity contribution in [1.82, 2.24) is 90.3 Å². The molecule has 0 saturated carbocycles. The van der Waals surface area contributed by atoms with E-state index in [4.69, 9.17) is 28.9 Å². The number of likely N-dealkylation sites (N-methyl/N-ethyl adjacent to an activating group) is 2. The van der Waals surface area contributed by atoms with E-state index in [0.29, 0.717) is 68.3 Å². The van der Waals surface area contributed by atoms with Crippen LogP contribution in [-0.4, -0.2) is 314 Å². The Morgan fingerprint density at radius 1 is 0.582 bits per heavy atom. The highest BCUT2D eigenvalue weighted by Crippen LogP contribution is 2.37. The number of hydrogen-bond donors (Lipinski definition) is 8. The maximum atomic E-state index is 16.1. The lowest BCUT2D eigenvalue weighted by Crippen LogP contribution is -2.56. The highest BCUT2D eigenvalue weighted by molar-refractivity contribution is 7.90. The molecule has 0 bridgehead atoms. The second-order valence-electron chi connectivity index (χ2n) is 37.7. The van der Waals surface area contributed by atoms with E-state index >= 15 is 24.0 Å². The van der Waals surface area contributed by atoms with Crippen molar-refractivity contribution in [3.8, 4) is 0 Å². The molecule has 0 spiro atoms. The van der Waals surface area contributed by atoms with E-state index in [0.717, 1.165) is 22.0 Å². The number of rotatable bonds is 57. The lowest BCUT2D eigenvalue weighted by Gasteiger charge is -2.40. The van der Waals surface area contributed by atoms with Gasteiger partial charge in [0.2, 0.25) is 63.3 Å². The second-order valence-corrected chi connectivity index (χ2v) is 39.6. The van der Waals surface area contributed by atoms with Crippen LogP contribution in [0.25, 0.3) is 0 Å². The van der Waals surface area contributed by atoms with E-state index in [1.165, 1.54) is 57.5 Å². The van der Waals surface area contributed by atoms with Crippen molar-refractivity contribution in [3.05, 3.63) is 143 Å². The summed E-state index contributed by atoms with van der Waals surface area (Å²) in [5, 5.41) is 36.0. The van der Waals surface area contributed by atoms with Crippen LogP contribution in [0.2, 0.25) is 0 Å². The number of aryl methyl sites for hydroxylation is 2. The van der Waals surface area contributed by atoms with E-state index in [2.05, 4.69) is 56.9 Å². The molecule has 2 aromatic carbocycles. The van der Waals surface area contributed by atoms with Crippen molar-refractivity contribution >= 4 is 105 Å². The van der Waals surface area contributed by atoms with Crippen LogP contribution in [0.4, 0.5) is 11.9 Å². The Bertz CT molecular complexity index is 5280. The predicted octanol–water partition coefficient (Wildman–Crippen LogP) is 5.18. The minimum Gasteiger partial charge on any atom is -0.480 e. The van der Waals surface area contributed by atoms with Crippen molar-refractivity contribution in [2.45, 2.75) is 258 Å². The Kier molecular flexibility index (Phi) is 42.5. The van der Waals surface area contributed by atoms with Gasteiger partial charge in [0, 0.05) is 143 Å². The van der Waals surface area contributed by atoms with Crippen molar-refractivity contribution in [3.63, 3.8) is 0 Å². The first-order valence-corrected chi connectivity index (χ1v) is 50.2. The normalized spacial score (nSPS) is 18.4. The van der Waals surface area contributed by atoms with E-state index in [9.17, 15) is 56.7 Å². The summed E-state index contributed by atoms with van der Waals surface area (Å²) >= 11 is 0. The van der Waals surface area contributed by atoms with Crippen molar-refractivity contribution in [1.29, 1.82) is 0 Å². The first-order chi connectivity index (χ1) is 67.1. The number of carboxylic acids is 1. The largest absolute Gasteiger partial charge is 0.480 e. The molecule has 5 aromatic rings. The third-order valence-corrected chi connectivity index (χ3v) is 28.3. The fourth-order valence-corrected chi connectivity index (χ4v) is 19.9. The van der Waals surface area contributed by atoms with Gasteiger partial charge in [-0.2, -0.15) is 0 Å². The van der Waals surface area contributed by atoms with Crippen LogP contribution in [0.5, 0.6) is 0 Å². The van der Waals surface area contributed by atoms with Gasteiger partial charge in [-0.25, -0.2) is 33.1 Å². The number of carbonyl (C=O) groups excluding carboxylic acids is 13. The Balaban J connectivity index is 1.01.